The number of anilines is 1. The van der Waals surface area contributed by atoms with Crippen molar-refractivity contribution in [3.8, 4) is 17.2 Å². The summed E-state index contributed by atoms with van der Waals surface area (Å²) in [6, 6.07) is 33.0. The third-order valence-corrected chi connectivity index (χ3v) is 8.25. The Bertz CT molecular complexity index is 1690. The van der Waals surface area contributed by atoms with Crippen molar-refractivity contribution >= 4 is 23.0 Å². The molecule has 0 bridgehead atoms. The number of nitrogens with zero attached hydrogens (tertiary/aromatic N) is 3. The molecule has 5 nitrogen and oxygen atoms in total. The van der Waals surface area contributed by atoms with Crippen molar-refractivity contribution < 1.29 is 4.74 Å². The summed E-state index contributed by atoms with van der Waals surface area (Å²) >= 11 is 6.00. The number of thiocarbonyl (C=S) groups is 1. The van der Waals surface area contributed by atoms with Gasteiger partial charge in [0.05, 0.1) is 17.8 Å². The van der Waals surface area contributed by atoms with Crippen LogP contribution >= 0.6 is 12.2 Å². The molecule has 1 fully saturated rings. The summed E-state index contributed by atoms with van der Waals surface area (Å²) in [5.41, 5.74) is 9.22. The van der Waals surface area contributed by atoms with Crippen molar-refractivity contribution in [1.29, 1.82) is 0 Å². The van der Waals surface area contributed by atoms with E-state index in [1.54, 1.807) is 0 Å². The summed E-state index contributed by atoms with van der Waals surface area (Å²) in [7, 11) is 0. The Balaban J connectivity index is 1.43. The molecule has 2 atom stereocenters. The van der Waals surface area contributed by atoms with Gasteiger partial charge in [-0.25, -0.2) is 0 Å². The number of hydrogen-bond acceptors (Lipinski definition) is 3. The summed E-state index contributed by atoms with van der Waals surface area (Å²) < 4.78 is 8.56. The summed E-state index contributed by atoms with van der Waals surface area (Å²) in [6.45, 7) is 8.65. The van der Waals surface area contributed by atoms with Gasteiger partial charge in [-0.2, -0.15) is 0 Å². The number of rotatable bonds is 7. The second kappa shape index (κ2) is 11.2. The number of aryl methyl sites for hydroxylation is 3. The van der Waals surface area contributed by atoms with Crippen LogP contribution in [0.2, 0.25) is 0 Å². The molecule has 1 aliphatic heterocycles. The zero-order valence-corrected chi connectivity index (χ0v) is 24.7. The van der Waals surface area contributed by atoms with Crippen LogP contribution in [-0.2, 0) is 6.42 Å². The van der Waals surface area contributed by atoms with E-state index in [0.29, 0.717) is 5.11 Å². The molecule has 3 heterocycles. The molecular weight excluding hydrogens is 524 g/mol. The number of ether oxygens (including phenoxy) is 1. The number of benzene rings is 3. The Morgan fingerprint density at radius 1 is 0.878 bits per heavy atom. The molecule has 206 valence electrons. The minimum atomic E-state index is -0.109. The van der Waals surface area contributed by atoms with E-state index in [1.807, 2.05) is 48.7 Å². The fourth-order valence-corrected chi connectivity index (χ4v) is 6.25. The lowest BCUT2D eigenvalue weighted by atomic mass is 9.96. The number of pyridine rings is 1. The monoisotopic (exact) mass is 558 g/mol. The lowest BCUT2D eigenvalue weighted by molar-refractivity contribution is 0.479. The predicted molar refractivity (Wildman–Crippen MR) is 170 cm³/mol. The van der Waals surface area contributed by atoms with Crippen molar-refractivity contribution in [2.24, 2.45) is 0 Å². The smallest absolute Gasteiger partial charge is 0.174 e. The highest BCUT2D eigenvalue weighted by Gasteiger charge is 2.42. The van der Waals surface area contributed by atoms with Gasteiger partial charge in [-0.15, -0.1) is 0 Å². The van der Waals surface area contributed by atoms with Crippen LogP contribution in [0.4, 0.5) is 5.69 Å². The van der Waals surface area contributed by atoms with Crippen molar-refractivity contribution in [3.05, 3.63) is 137 Å². The molecule has 41 heavy (non-hydrogen) atoms. The number of hydrogen-bond donors (Lipinski definition) is 1. The van der Waals surface area contributed by atoms with E-state index in [1.165, 1.54) is 28.2 Å². The third-order valence-electron chi connectivity index (χ3n) is 7.94. The summed E-state index contributed by atoms with van der Waals surface area (Å²) in [4.78, 5) is 6.96. The lowest BCUT2D eigenvalue weighted by Gasteiger charge is -2.28. The molecule has 0 unspecified atom stereocenters. The third kappa shape index (κ3) is 5.00. The molecule has 0 saturated carbocycles. The van der Waals surface area contributed by atoms with Crippen LogP contribution < -0.4 is 15.0 Å². The molecule has 5 aromatic rings. The van der Waals surface area contributed by atoms with Gasteiger partial charge in [-0.3, -0.25) is 4.98 Å². The predicted octanol–water partition coefficient (Wildman–Crippen LogP) is 8.33. The average Bonchev–Trinajstić information content (AvgIpc) is 3.49. The largest absolute Gasteiger partial charge is 0.457 e. The number of nitrogens with one attached hydrogen (secondary N) is 1. The molecule has 1 N–H and O–H groups in total. The van der Waals surface area contributed by atoms with Crippen molar-refractivity contribution in [2.45, 2.75) is 46.2 Å². The first-order valence-electron chi connectivity index (χ1n) is 14.1. The second-order valence-electron chi connectivity index (χ2n) is 10.5. The average molecular weight is 559 g/mol. The van der Waals surface area contributed by atoms with E-state index in [-0.39, 0.29) is 12.1 Å². The van der Waals surface area contributed by atoms with Gasteiger partial charge in [0.2, 0.25) is 0 Å². The molecule has 1 saturated heterocycles. The van der Waals surface area contributed by atoms with E-state index in [0.717, 1.165) is 34.9 Å². The molecule has 0 aliphatic carbocycles. The first kappa shape index (κ1) is 26.8. The highest BCUT2D eigenvalue weighted by molar-refractivity contribution is 7.80. The van der Waals surface area contributed by atoms with Crippen LogP contribution in [0.15, 0.2) is 103 Å². The van der Waals surface area contributed by atoms with Crippen LogP contribution in [0, 0.1) is 20.8 Å². The maximum atomic E-state index is 6.18. The van der Waals surface area contributed by atoms with Gasteiger partial charge >= 0.3 is 0 Å². The maximum absolute atomic E-state index is 6.18. The second-order valence-corrected chi connectivity index (χ2v) is 10.9. The fourth-order valence-electron chi connectivity index (χ4n) is 5.91. The van der Waals surface area contributed by atoms with E-state index in [2.05, 4.69) is 97.1 Å². The maximum Gasteiger partial charge on any atom is 0.174 e. The first-order chi connectivity index (χ1) is 20.0. The normalized spacial score (nSPS) is 16.6. The Morgan fingerprint density at radius 3 is 2.34 bits per heavy atom. The quantitative estimate of drug-likeness (QED) is 0.203. The standard InChI is InChI=1S/C35H34N4OS/c1-5-26-13-7-8-15-31(26)38-24(3)22-29(25(38)4)34-33(30-14-10-11-21-36-30)37-35(41)39(34)27-17-19-28(20-18-27)40-32-16-9-6-12-23(32)2/h6-22,33-34H,5H2,1-4H3,(H,37,41)/t33-,34-/m0/s1. The van der Waals surface area contributed by atoms with E-state index >= 15 is 0 Å². The number of para-hydroxylation sites is 2. The zero-order chi connectivity index (χ0) is 28.5. The summed E-state index contributed by atoms with van der Waals surface area (Å²) in [6.07, 6.45) is 2.81. The van der Waals surface area contributed by atoms with Gasteiger partial charge in [-0.05, 0) is 111 Å². The Kier molecular flexibility index (Phi) is 7.33. The van der Waals surface area contributed by atoms with Gasteiger partial charge in [0.25, 0.3) is 0 Å². The Labute approximate surface area is 247 Å². The molecule has 6 heteroatoms. The summed E-state index contributed by atoms with van der Waals surface area (Å²) in [5, 5.41) is 4.28. The van der Waals surface area contributed by atoms with Crippen LogP contribution in [0.3, 0.4) is 0 Å². The van der Waals surface area contributed by atoms with Crippen LogP contribution in [-0.4, -0.2) is 14.7 Å². The van der Waals surface area contributed by atoms with Crippen molar-refractivity contribution in [2.75, 3.05) is 4.90 Å². The van der Waals surface area contributed by atoms with Crippen LogP contribution in [0.1, 0.15) is 52.8 Å². The molecule has 6 rings (SSSR count). The summed E-state index contributed by atoms with van der Waals surface area (Å²) in [5.74, 6) is 1.64. The Hall–Kier alpha value is -4.42. The Morgan fingerprint density at radius 2 is 1.61 bits per heavy atom. The minimum Gasteiger partial charge on any atom is -0.457 e. The highest BCUT2D eigenvalue weighted by atomic mass is 32.1. The van der Waals surface area contributed by atoms with Crippen LogP contribution in [0.5, 0.6) is 11.5 Å². The SMILES string of the molecule is CCc1ccccc1-n1c(C)cc([C@H]2[C@H](c3ccccn3)NC(=S)N2c2ccc(Oc3ccccc3C)cc2)c1C. The lowest BCUT2D eigenvalue weighted by Crippen LogP contribution is -2.29. The molecule has 0 amide bonds. The van der Waals surface area contributed by atoms with Gasteiger partial charge < -0.3 is 19.5 Å². The molecule has 0 radical (unpaired) electrons. The zero-order valence-electron chi connectivity index (χ0n) is 23.8. The van der Waals surface area contributed by atoms with E-state index in [4.69, 9.17) is 21.9 Å². The van der Waals surface area contributed by atoms with Crippen molar-refractivity contribution in [1.82, 2.24) is 14.9 Å². The molecule has 0 spiro atoms. The molecule has 2 aromatic heterocycles. The minimum absolute atomic E-state index is 0.0886. The van der Waals surface area contributed by atoms with Gasteiger partial charge in [0.1, 0.15) is 11.5 Å². The highest BCUT2D eigenvalue weighted by Crippen LogP contribution is 2.44. The topological polar surface area (TPSA) is 42.3 Å². The molecule has 1 aliphatic rings. The fraction of sp³-hybridized carbons (Fsp3) is 0.200. The van der Waals surface area contributed by atoms with Gasteiger partial charge in [-0.1, -0.05) is 49.4 Å². The number of aromatic nitrogens is 2. The molecule has 3 aromatic carbocycles. The van der Waals surface area contributed by atoms with Crippen molar-refractivity contribution in [3.63, 3.8) is 0 Å². The van der Waals surface area contributed by atoms with E-state index in [9.17, 15) is 0 Å². The van der Waals surface area contributed by atoms with Crippen LogP contribution in [0.25, 0.3) is 5.69 Å². The van der Waals surface area contributed by atoms with E-state index < -0.39 is 0 Å². The van der Waals surface area contributed by atoms with Gasteiger partial charge in [0.15, 0.2) is 5.11 Å². The first-order valence-corrected chi connectivity index (χ1v) is 14.5. The molecular formula is C35H34N4OS. The van der Waals surface area contributed by atoms with Gasteiger partial charge in [0, 0.05) is 29.0 Å².